The Morgan fingerprint density at radius 1 is 1.17 bits per heavy atom. The van der Waals surface area contributed by atoms with E-state index >= 15 is 0 Å². The number of carbonyl (C=O) groups is 1. The molecule has 0 radical (unpaired) electrons. The van der Waals surface area contributed by atoms with Crippen LogP contribution in [0.15, 0.2) is 71.9 Å². The summed E-state index contributed by atoms with van der Waals surface area (Å²) in [5, 5.41) is 7.35. The van der Waals surface area contributed by atoms with E-state index in [1.165, 1.54) is 10.5 Å². The molecule has 0 unspecified atom stereocenters. The molecular formula is C19H17N3OS. The molecule has 2 heterocycles. The molecule has 1 amide bonds. The van der Waals surface area contributed by atoms with Gasteiger partial charge in [0.2, 0.25) is 5.91 Å². The summed E-state index contributed by atoms with van der Waals surface area (Å²) in [6.45, 7) is 0.499. The smallest absolute Gasteiger partial charge is 0.234 e. The van der Waals surface area contributed by atoms with Crippen LogP contribution in [0.1, 0.15) is 11.1 Å². The van der Waals surface area contributed by atoms with Crippen molar-refractivity contribution in [2.45, 2.75) is 23.1 Å². The van der Waals surface area contributed by atoms with Crippen LogP contribution < -0.4 is 5.32 Å². The molecule has 0 spiro atoms. The van der Waals surface area contributed by atoms with E-state index in [2.05, 4.69) is 22.5 Å². The third-order valence-electron chi connectivity index (χ3n) is 4.06. The van der Waals surface area contributed by atoms with Crippen LogP contribution in [0.25, 0.3) is 5.69 Å². The van der Waals surface area contributed by atoms with E-state index < -0.39 is 0 Å². The average molecular weight is 335 g/mol. The van der Waals surface area contributed by atoms with Crippen LogP contribution in [-0.4, -0.2) is 20.9 Å². The molecule has 24 heavy (non-hydrogen) atoms. The third-order valence-corrected chi connectivity index (χ3v) is 5.38. The number of nitrogens with zero attached hydrogens (tertiary/aromatic N) is 2. The number of hydrogen-bond acceptors (Lipinski definition) is 3. The summed E-state index contributed by atoms with van der Waals surface area (Å²) in [6, 6.07) is 18.2. The summed E-state index contributed by atoms with van der Waals surface area (Å²) < 4.78 is 1.82. The minimum absolute atomic E-state index is 0.0356. The minimum Gasteiger partial charge on any atom is -0.351 e. The highest BCUT2D eigenvalue weighted by Gasteiger charge is 2.27. The van der Waals surface area contributed by atoms with Crippen molar-refractivity contribution in [3.63, 3.8) is 0 Å². The first-order valence-electron chi connectivity index (χ1n) is 7.91. The summed E-state index contributed by atoms with van der Waals surface area (Å²) in [5.74, 6) is 0.0867. The second-order valence-electron chi connectivity index (χ2n) is 5.76. The Bertz CT molecular complexity index is 835. The van der Waals surface area contributed by atoms with Crippen molar-refractivity contribution in [2.75, 3.05) is 0 Å². The maximum Gasteiger partial charge on any atom is 0.234 e. The van der Waals surface area contributed by atoms with E-state index in [1.54, 1.807) is 18.0 Å². The molecule has 120 valence electrons. The van der Waals surface area contributed by atoms with Gasteiger partial charge in [-0.3, -0.25) is 4.79 Å². The van der Waals surface area contributed by atoms with Gasteiger partial charge in [-0.2, -0.15) is 5.10 Å². The van der Waals surface area contributed by atoms with Crippen LogP contribution in [0.3, 0.4) is 0 Å². The van der Waals surface area contributed by atoms with Crippen molar-refractivity contribution in [2.24, 2.45) is 0 Å². The molecule has 0 aliphatic carbocycles. The van der Waals surface area contributed by atoms with Gasteiger partial charge in [0.1, 0.15) is 0 Å². The van der Waals surface area contributed by atoms with Crippen LogP contribution in [0.5, 0.6) is 0 Å². The Hall–Kier alpha value is -2.53. The van der Waals surface area contributed by atoms with Gasteiger partial charge in [0.25, 0.3) is 0 Å². The van der Waals surface area contributed by atoms with Crippen LogP contribution in [0.4, 0.5) is 0 Å². The standard InChI is InChI=1S/C19H17N3OS/c23-19(18-10-15-6-4-5-9-17(15)24-18)20-11-14-12-21-22(13-14)16-7-2-1-3-8-16/h1-9,12-13,18H,10-11H2,(H,20,23)/t18-/m1/s1. The van der Waals surface area contributed by atoms with Crippen LogP contribution >= 0.6 is 11.8 Å². The van der Waals surface area contributed by atoms with E-state index in [0.717, 1.165) is 17.7 Å². The van der Waals surface area contributed by atoms with Crippen molar-refractivity contribution in [1.82, 2.24) is 15.1 Å². The predicted molar refractivity (Wildman–Crippen MR) is 95.2 cm³/mol. The van der Waals surface area contributed by atoms with Crippen molar-refractivity contribution < 1.29 is 4.79 Å². The zero-order valence-electron chi connectivity index (χ0n) is 13.1. The fourth-order valence-corrected chi connectivity index (χ4v) is 4.02. The maximum atomic E-state index is 12.4. The van der Waals surface area contributed by atoms with Gasteiger partial charge in [0.15, 0.2) is 0 Å². The van der Waals surface area contributed by atoms with Crippen LogP contribution in [0.2, 0.25) is 0 Å². The SMILES string of the molecule is O=C(NCc1cnn(-c2ccccc2)c1)[C@H]1Cc2ccccc2S1. The summed E-state index contributed by atoms with van der Waals surface area (Å²) in [6.07, 6.45) is 4.55. The van der Waals surface area contributed by atoms with Crippen molar-refractivity contribution in [3.05, 3.63) is 78.1 Å². The molecular weight excluding hydrogens is 318 g/mol. The zero-order chi connectivity index (χ0) is 16.4. The number of hydrogen-bond donors (Lipinski definition) is 1. The van der Waals surface area contributed by atoms with Crippen molar-refractivity contribution in [3.8, 4) is 5.69 Å². The Balaban J connectivity index is 1.36. The molecule has 4 nitrogen and oxygen atoms in total. The molecule has 0 saturated carbocycles. The number of carbonyl (C=O) groups excluding carboxylic acids is 1. The lowest BCUT2D eigenvalue weighted by atomic mass is 10.1. The maximum absolute atomic E-state index is 12.4. The summed E-state index contributed by atoms with van der Waals surface area (Å²) >= 11 is 1.65. The minimum atomic E-state index is -0.0356. The molecule has 1 atom stereocenters. The summed E-state index contributed by atoms with van der Waals surface area (Å²) in [7, 11) is 0. The first-order chi connectivity index (χ1) is 11.8. The lowest BCUT2D eigenvalue weighted by Crippen LogP contribution is -2.31. The first kappa shape index (κ1) is 15.0. The summed E-state index contributed by atoms with van der Waals surface area (Å²) in [4.78, 5) is 13.6. The van der Waals surface area contributed by atoms with Crippen molar-refractivity contribution in [1.29, 1.82) is 0 Å². The highest BCUT2D eigenvalue weighted by molar-refractivity contribution is 8.01. The average Bonchev–Trinajstić information content (AvgIpc) is 3.27. The van der Waals surface area contributed by atoms with E-state index in [0.29, 0.717) is 6.54 Å². The fourth-order valence-electron chi connectivity index (χ4n) is 2.80. The molecule has 0 fully saturated rings. The lowest BCUT2D eigenvalue weighted by molar-refractivity contribution is -0.120. The van der Waals surface area contributed by atoms with Gasteiger partial charge in [-0.1, -0.05) is 36.4 Å². The number of nitrogens with one attached hydrogen (secondary N) is 1. The molecule has 0 bridgehead atoms. The molecule has 1 N–H and O–H groups in total. The van der Waals surface area contributed by atoms with Gasteiger partial charge in [-0.25, -0.2) is 4.68 Å². The van der Waals surface area contributed by atoms with E-state index in [9.17, 15) is 4.79 Å². The third kappa shape index (κ3) is 3.08. The molecule has 1 aliphatic heterocycles. The summed E-state index contributed by atoms with van der Waals surface area (Å²) in [5.41, 5.74) is 3.27. The highest BCUT2D eigenvalue weighted by Crippen LogP contribution is 2.36. The van der Waals surface area contributed by atoms with E-state index in [-0.39, 0.29) is 11.2 Å². The van der Waals surface area contributed by atoms with Gasteiger partial charge >= 0.3 is 0 Å². The second kappa shape index (κ2) is 6.53. The van der Waals surface area contributed by atoms with Gasteiger partial charge < -0.3 is 5.32 Å². The van der Waals surface area contributed by atoms with E-state index in [1.807, 2.05) is 53.3 Å². The molecule has 3 aromatic rings. The van der Waals surface area contributed by atoms with E-state index in [4.69, 9.17) is 0 Å². The van der Waals surface area contributed by atoms with Gasteiger partial charge in [0, 0.05) is 23.2 Å². The number of benzene rings is 2. The molecule has 4 rings (SSSR count). The number of para-hydroxylation sites is 1. The quantitative estimate of drug-likeness (QED) is 0.796. The Morgan fingerprint density at radius 3 is 2.79 bits per heavy atom. The fraction of sp³-hybridized carbons (Fsp3) is 0.158. The molecule has 2 aromatic carbocycles. The van der Waals surface area contributed by atoms with Gasteiger partial charge in [-0.15, -0.1) is 11.8 Å². The highest BCUT2D eigenvalue weighted by atomic mass is 32.2. The van der Waals surface area contributed by atoms with Crippen LogP contribution in [-0.2, 0) is 17.8 Å². The lowest BCUT2D eigenvalue weighted by Gasteiger charge is -2.08. The van der Waals surface area contributed by atoms with Gasteiger partial charge in [-0.05, 0) is 30.2 Å². The Labute approximate surface area is 144 Å². The Kier molecular flexibility index (Phi) is 4.09. The molecule has 5 heteroatoms. The second-order valence-corrected chi connectivity index (χ2v) is 7.01. The van der Waals surface area contributed by atoms with Gasteiger partial charge in [0.05, 0.1) is 17.1 Å². The number of amides is 1. The predicted octanol–water partition coefficient (Wildman–Crippen LogP) is 3.21. The topological polar surface area (TPSA) is 46.9 Å². The zero-order valence-corrected chi connectivity index (χ0v) is 13.9. The molecule has 0 saturated heterocycles. The first-order valence-corrected chi connectivity index (χ1v) is 8.79. The number of aromatic nitrogens is 2. The number of rotatable bonds is 4. The monoisotopic (exact) mass is 335 g/mol. The largest absolute Gasteiger partial charge is 0.351 e. The normalized spacial score (nSPS) is 15.9. The van der Waals surface area contributed by atoms with Crippen molar-refractivity contribution >= 4 is 17.7 Å². The number of thioether (sulfide) groups is 1. The molecule has 1 aromatic heterocycles. The number of fused-ring (bicyclic) bond motifs is 1. The van der Waals surface area contributed by atoms with Crippen LogP contribution in [0, 0.1) is 0 Å². The molecule has 1 aliphatic rings. The Morgan fingerprint density at radius 2 is 1.96 bits per heavy atom.